The molecule has 3 heteroatoms. The summed E-state index contributed by atoms with van der Waals surface area (Å²) in [7, 11) is 0. The average molecular weight is 382 g/mol. The average Bonchev–Trinajstić information content (AvgIpc) is 2.45. The Kier molecular flexibility index (Phi) is 5.86. The summed E-state index contributed by atoms with van der Waals surface area (Å²) in [6.07, 6.45) is 1.45. The largest absolute Gasteiger partial charge is 0.489 e. The van der Waals surface area contributed by atoms with E-state index in [-0.39, 0.29) is 6.10 Å². The summed E-state index contributed by atoms with van der Waals surface area (Å²) in [6.45, 7) is 2.41. The van der Waals surface area contributed by atoms with Crippen LogP contribution in [0.3, 0.4) is 0 Å². The molecular weight excluding hydrogens is 363 g/mol. The van der Waals surface area contributed by atoms with Gasteiger partial charge in [-0.15, -0.1) is 0 Å². The molecule has 0 saturated carbocycles. The molecule has 1 N–H and O–H groups in total. The number of halogens is 1. The molecule has 1 atom stereocenters. The van der Waals surface area contributed by atoms with Crippen LogP contribution in [0.5, 0.6) is 5.75 Å². The van der Waals surface area contributed by atoms with E-state index in [0.717, 1.165) is 18.6 Å². The van der Waals surface area contributed by atoms with E-state index in [1.807, 2.05) is 19.1 Å². The van der Waals surface area contributed by atoms with Crippen molar-refractivity contribution < 1.29 is 9.84 Å². The van der Waals surface area contributed by atoms with E-state index in [1.165, 1.54) is 14.7 Å². The van der Waals surface area contributed by atoms with Crippen LogP contribution < -0.4 is 4.74 Å². The van der Waals surface area contributed by atoms with Gasteiger partial charge in [0, 0.05) is 3.57 Å². The molecular formula is C17H19IO2. The molecule has 0 aliphatic rings. The zero-order valence-corrected chi connectivity index (χ0v) is 13.7. The SMILES string of the molecule is CC(O)CCc1ccc(OCc2ccc(I)cc2)cc1. The molecule has 0 aromatic heterocycles. The highest BCUT2D eigenvalue weighted by Gasteiger charge is 2.00. The number of aliphatic hydroxyl groups excluding tert-OH is 1. The molecule has 0 heterocycles. The fraction of sp³-hybridized carbons (Fsp3) is 0.294. The van der Waals surface area contributed by atoms with E-state index >= 15 is 0 Å². The summed E-state index contributed by atoms with van der Waals surface area (Å²) in [5, 5.41) is 9.27. The van der Waals surface area contributed by atoms with Gasteiger partial charge in [0.1, 0.15) is 12.4 Å². The van der Waals surface area contributed by atoms with Gasteiger partial charge in [0.15, 0.2) is 0 Å². The summed E-state index contributed by atoms with van der Waals surface area (Å²) in [5.41, 5.74) is 2.40. The van der Waals surface area contributed by atoms with E-state index in [9.17, 15) is 5.11 Å². The van der Waals surface area contributed by atoms with Crippen LogP contribution in [0.1, 0.15) is 24.5 Å². The quantitative estimate of drug-likeness (QED) is 0.760. The predicted octanol–water partition coefficient (Wildman–Crippen LogP) is 4.18. The maximum absolute atomic E-state index is 9.27. The van der Waals surface area contributed by atoms with Crippen LogP contribution in [0.15, 0.2) is 48.5 Å². The van der Waals surface area contributed by atoms with Crippen LogP contribution in [0, 0.1) is 3.57 Å². The normalized spacial score (nSPS) is 12.2. The Morgan fingerprint density at radius 3 is 2.20 bits per heavy atom. The first-order valence-electron chi connectivity index (χ1n) is 6.78. The van der Waals surface area contributed by atoms with Crippen molar-refractivity contribution >= 4 is 22.6 Å². The van der Waals surface area contributed by atoms with Crippen LogP contribution >= 0.6 is 22.6 Å². The highest BCUT2D eigenvalue weighted by Crippen LogP contribution is 2.16. The van der Waals surface area contributed by atoms with Gasteiger partial charge in [0.05, 0.1) is 6.10 Å². The fourth-order valence-electron chi connectivity index (χ4n) is 1.88. The molecule has 0 fully saturated rings. The Balaban J connectivity index is 1.85. The third-order valence-electron chi connectivity index (χ3n) is 3.09. The Bertz CT molecular complexity index is 518. The Labute approximate surface area is 133 Å². The minimum Gasteiger partial charge on any atom is -0.489 e. The van der Waals surface area contributed by atoms with E-state index in [2.05, 4.69) is 59.0 Å². The molecule has 0 amide bonds. The van der Waals surface area contributed by atoms with Crippen molar-refractivity contribution in [3.8, 4) is 5.75 Å². The molecule has 2 nitrogen and oxygen atoms in total. The third-order valence-corrected chi connectivity index (χ3v) is 3.81. The van der Waals surface area contributed by atoms with Gasteiger partial charge in [-0.2, -0.15) is 0 Å². The number of ether oxygens (including phenoxy) is 1. The molecule has 106 valence electrons. The smallest absolute Gasteiger partial charge is 0.119 e. The number of benzene rings is 2. The molecule has 2 aromatic rings. The minimum atomic E-state index is -0.244. The topological polar surface area (TPSA) is 29.5 Å². The Hall–Kier alpha value is -1.07. The second-order valence-electron chi connectivity index (χ2n) is 4.95. The number of aliphatic hydroxyl groups is 1. The first kappa shape index (κ1) is 15.3. The lowest BCUT2D eigenvalue weighted by Gasteiger charge is -2.08. The second-order valence-corrected chi connectivity index (χ2v) is 6.19. The van der Waals surface area contributed by atoms with E-state index in [0.29, 0.717) is 6.61 Å². The van der Waals surface area contributed by atoms with Crippen LogP contribution in [0.25, 0.3) is 0 Å². The second kappa shape index (κ2) is 7.64. The lowest BCUT2D eigenvalue weighted by atomic mass is 10.1. The van der Waals surface area contributed by atoms with Crippen molar-refractivity contribution in [1.29, 1.82) is 0 Å². The van der Waals surface area contributed by atoms with Crippen LogP contribution in [-0.4, -0.2) is 11.2 Å². The van der Waals surface area contributed by atoms with E-state index in [1.54, 1.807) is 0 Å². The first-order chi connectivity index (χ1) is 9.63. The molecule has 20 heavy (non-hydrogen) atoms. The van der Waals surface area contributed by atoms with Gasteiger partial charge in [0.2, 0.25) is 0 Å². The van der Waals surface area contributed by atoms with Gasteiger partial charge in [-0.1, -0.05) is 24.3 Å². The summed E-state index contributed by atoms with van der Waals surface area (Å²) < 4.78 is 6.99. The maximum atomic E-state index is 9.27. The monoisotopic (exact) mass is 382 g/mol. The fourth-order valence-corrected chi connectivity index (χ4v) is 2.23. The van der Waals surface area contributed by atoms with Crippen LogP contribution in [0.4, 0.5) is 0 Å². The number of hydrogen-bond donors (Lipinski definition) is 1. The summed E-state index contributed by atoms with van der Waals surface area (Å²) in [6, 6.07) is 16.4. The molecule has 0 aliphatic carbocycles. The van der Waals surface area contributed by atoms with Crippen molar-refractivity contribution in [2.75, 3.05) is 0 Å². The number of hydrogen-bond acceptors (Lipinski definition) is 2. The van der Waals surface area contributed by atoms with Crippen LogP contribution in [0.2, 0.25) is 0 Å². The highest BCUT2D eigenvalue weighted by molar-refractivity contribution is 14.1. The molecule has 1 unspecified atom stereocenters. The van der Waals surface area contributed by atoms with Crippen molar-refractivity contribution in [2.24, 2.45) is 0 Å². The van der Waals surface area contributed by atoms with Gasteiger partial charge in [-0.25, -0.2) is 0 Å². The first-order valence-corrected chi connectivity index (χ1v) is 7.85. The predicted molar refractivity (Wildman–Crippen MR) is 89.9 cm³/mol. The molecule has 0 bridgehead atoms. The van der Waals surface area contributed by atoms with E-state index < -0.39 is 0 Å². The molecule has 2 aromatic carbocycles. The van der Waals surface area contributed by atoms with Gasteiger partial charge in [0.25, 0.3) is 0 Å². The summed E-state index contributed by atoms with van der Waals surface area (Å²) in [5.74, 6) is 0.879. The highest BCUT2D eigenvalue weighted by atomic mass is 127. The summed E-state index contributed by atoms with van der Waals surface area (Å²) >= 11 is 2.29. The van der Waals surface area contributed by atoms with Crippen molar-refractivity contribution in [3.05, 3.63) is 63.2 Å². The van der Waals surface area contributed by atoms with Crippen molar-refractivity contribution in [1.82, 2.24) is 0 Å². The van der Waals surface area contributed by atoms with Crippen molar-refractivity contribution in [2.45, 2.75) is 32.5 Å². The Morgan fingerprint density at radius 1 is 1.00 bits per heavy atom. The van der Waals surface area contributed by atoms with Gasteiger partial charge in [-0.05, 0) is 77.7 Å². The van der Waals surface area contributed by atoms with E-state index in [4.69, 9.17) is 4.74 Å². The van der Waals surface area contributed by atoms with Gasteiger partial charge >= 0.3 is 0 Å². The molecule has 0 radical (unpaired) electrons. The van der Waals surface area contributed by atoms with Gasteiger partial charge < -0.3 is 9.84 Å². The zero-order valence-electron chi connectivity index (χ0n) is 11.6. The minimum absolute atomic E-state index is 0.244. The lowest BCUT2D eigenvalue weighted by Crippen LogP contribution is -2.01. The standard InChI is InChI=1S/C17H19IO2/c1-13(19)2-3-14-6-10-17(11-7-14)20-12-15-4-8-16(18)9-5-15/h4-11,13,19H,2-3,12H2,1H3. The van der Waals surface area contributed by atoms with Crippen LogP contribution in [-0.2, 0) is 13.0 Å². The van der Waals surface area contributed by atoms with Gasteiger partial charge in [-0.3, -0.25) is 0 Å². The maximum Gasteiger partial charge on any atom is 0.119 e. The Morgan fingerprint density at radius 2 is 1.60 bits per heavy atom. The zero-order chi connectivity index (χ0) is 14.4. The molecule has 0 aliphatic heterocycles. The molecule has 0 spiro atoms. The number of aryl methyl sites for hydroxylation is 1. The van der Waals surface area contributed by atoms with Crippen molar-refractivity contribution in [3.63, 3.8) is 0 Å². The lowest BCUT2D eigenvalue weighted by molar-refractivity contribution is 0.185. The summed E-state index contributed by atoms with van der Waals surface area (Å²) in [4.78, 5) is 0. The molecule has 2 rings (SSSR count). The molecule has 0 saturated heterocycles. The number of rotatable bonds is 6. The third kappa shape index (κ3) is 5.13.